The van der Waals surface area contributed by atoms with Gasteiger partial charge in [0.2, 0.25) is 0 Å². The van der Waals surface area contributed by atoms with Gasteiger partial charge in [-0.1, -0.05) is 42.5 Å². The molecule has 3 nitrogen and oxygen atoms in total. The monoisotopic (exact) mass is 355 g/mol. The van der Waals surface area contributed by atoms with E-state index < -0.39 is 0 Å². The molecule has 0 fully saturated rings. The summed E-state index contributed by atoms with van der Waals surface area (Å²) < 4.78 is 0.848. The molecule has 0 radical (unpaired) electrons. The maximum absolute atomic E-state index is 12.7. The molecule has 3 rings (SSSR count). The molecule has 2 aromatic rings. The minimum absolute atomic E-state index is 0.129. The second-order valence-corrected chi connectivity index (χ2v) is 6.04. The highest BCUT2D eigenvalue weighted by atomic mass is 79.9. The Morgan fingerprint density at radius 2 is 1.86 bits per heavy atom. The van der Waals surface area contributed by atoms with Crippen molar-refractivity contribution in [3.63, 3.8) is 0 Å². The Balaban J connectivity index is 2.09. The zero-order valence-electron chi connectivity index (χ0n) is 12.0. The molecule has 1 amide bonds. The van der Waals surface area contributed by atoms with E-state index in [-0.39, 0.29) is 11.7 Å². The summed E-state index contributed by atoms with van der Waals surface area (Å²) in [5.41, 5.74) is 3.12. The number of halogens is 1. The lowest BCUT2D eigenvalue weighted by molar-refractivity contribution is -0.114. The van der Waals surface area contributed by atoms with Gasteiger partial charge in [-0.05, 0) is 40.6 Å². The standard InChI is InChI=1S/C18H14BrNO2/c1-12(21)10-15-14-8-5-9-16(19)17(14)20(18(15)22)11-13-6-3-2-4-7-13/h2-10H,11H2,1H3/b15-10+. The van der Waals surface area contributed by atoms with Gasteiger partial charge in [-0.15, -0.1) is 0 Å². The first-order chi connectivity index (χ1) is 10.6. The van der Waals surface area contributed by atoms with E-state index in [1.54, 1.807) is 4.90 Å². The summed E-state index contributed by atoms with van der Waals surface area (Å²) in [6, 6.07) is 15.5. The third-order valence-electron chi connectivity index (χ3n) is 3.55. The van der Waals surface area contributed by atoms with E-state index in [1.165, 1.54) is 13.0 Å². The van der Waals surface area contributed by atoms with Crippen LogP contribution in [0.1, 0.15) is 18.1 Å². The topological polar surface area (TPSA) is 37.4 Å². The predicted molar refractivity (Wildman–Crippen MR) is 90.4 cm³/mol. The molecule has 0 spiro atoms. The average molecular weight is 356 g/mol. The van der Waals surface area contributed by atoms with Crippen molar-refractivity contribution in [3.8, 4) is 0 Å². The zero-order valence-corrected chi connectivity index (χ0v) is 13.6. The summed E-state index contributed by atoms with van der Waals surface area (Å²) in [6.07, 6.45) is 1.42. The fraction of sp³-hybridized carbons (Fsp3) is 0.111. The number of hydrogen-bond acceptors (Lipinski definition) is 2. The number of carbonyl (C=O) groups excluding carboxylic acids is 2. The normalized spacial score (nSPS) is 15.3. The molecule has 1 heterocycles. The third kappa shape index (κ3) is 2.62. The Morgan fingerprint density at radius 1 is 1.14 bits per heavy atom. The van der Waals surface area contributed by atoms with Crippen molar-refractivity contribution in [1.82, 2.24) is 0 Å². The molecule has 4 heteroatoms. The van der Waals surface area contributed by atoms with Gasteiger partial charge >= 0.3 is 0 Å². The number of benzene rings is 2. The molecule has 0 saturated heterocycles. The maximum atomic E-state index is 12.7. The van der Waals surface area contributed by atoms with Gasteiger partial charge in [0, 0.05) is 10.0 Å². The number of rotatable bonds is 3. The van der Waals surface area contributed by atoms with Crippen LogP contribution in [0.5, 0.6) is 0 Å². The summed E-state index contributed by atoms with van der Waals surface area (Å²) >= 11 is 3.52. The van der Waals surface area contributed by atoms with Crippen LogP contribution >= 0.6 is 15.9 Å². The Labute approximate surface area is 137 Å². The molecule has 0 bridgehead atoms. The van der Waals surface area contributed by atoms with Crippen molar-refractivity contribution in [3.05, 3.63) is 70.2 Å². The van der Waals surface area contributed by atoms with Gasteiger partial charge in [0.05, 0.1) is 17.8 Å². The average Bonchev–Trinajstić information content (AvgIpc) is 2.75. The molecular weight excluding hydrogens is 342 g/mol. The van der Waals surface area contributed by atoms with Crippen LogP contribution in [0.15, 0.2) is 59.1 Å². The fourth-order valence-electron chi connectivity index (χ4n) is 2.63. The van der Waals surface area contributed by atoms with Crippen molar-refractivity contribution < 1.29 is 9.59 Å². The number of carbonyl (C=O) groups is 2. The predicted octanol–water partition coefficient (Wildman–Crippen LogP) is 3.97. The minimum Gasteiger partial charge on any atom is -0.302 e. The van der Waals surface area contributed by atoms with Gasteiger partial charge in [-0.3, -0.25) is 9.59 Å². The number of amides is 1. The van der Waals surface area contributed by atoms with Crippen LogP contribution in [0.3, 0.4) is 0 Å². The molecule has 22 heavy (non-hydrogen) atoms. The minimum atomic E-state index is -0.138. The molecule has 110 valence electrons. The van der Waals surface area contributed by atoms with Gasteiger partial charge in [-0.25, -0.2) is 0 Å². The summed E-state index contributed by atoms with van der Waals surface area (Å²) in [5, 5.41) is 0. The van der Waals surface area contributed by atoms with E-state index in [9.17, 15) is 9.59 Å². The van der Waals surface area contributed by atoms with Crippen molar-refractivity contribution in [2.75, 3.05) is 4.90 Å². The molecule has 0 saturated carbocycles. The van der Waals surface area contributed by atoms with Crippen LogP contribution in [0.4, 0.5) is 5.69 Å². The summed E-state index contributed by atoms with van der Waals surface area (Å²) in [6.45, 7) is 1.93. The van der Waals surface area contributed by atoms with Gasteiger partial charge in [0.1, 0.15) is 0 Å². The molecule has 2 aromatic carbocycles. The third-order valence-corrected chi connectivity index (χ3v) is 4.19. The Morgan fingerprint density at radius 3 is 2.55 bits per heavy atom. The van der Waals surface area contributed by atoms with Crippen molar-refractivity contribution in [1.29, 1.82) is 0 Å². The SMILES string of the molecule is CC(=O)/C=C1/C(=O)N(Cc2ccccc2)c2c(Br)cccc21. The Bertz CT molecular complexity index is 781. The lowest BCUT2D eigenvalue weighted by Gasteiger charge is -2.18. The first-order valence-electron chi connectivity index (χ1n) is 6.95. The highest BCUT2D eigenvalue weighted by Crippen LogP contribution is 2.42. The lowest BCUT2D eigenvalue weighted by atomic mass is 10.1. The van der Waals surface area contributed by atoms with E-state index in [2.05, 4.69) is 15.9 Å². The van der Waals surface area contributed by atoms with E-state index in [0.717, 1.165) is 21.3 Å². The van der Waals surface area contributed by atoms with Gasteiger partial charge < -0.3 is 4.90 Å². The highest BCUT2D eigenvalue weighted by molar-refractivity contribution is 9.10. The quantitative estimate of drug-likeness (QED) is 0.781. The molecule has 0 aromatic heterocycles. The summed E-state index contributed by atoms with van der Waals surface area (Å²) in [4.78, 5) is 25.9. The number of fused-ring (bicyclic) bond motifs is 1. The van der Waals surface area contributed by atoms with Crippen LogP contribution in [0.25, 0.3) is 5.57 Å². The lowest BCUT2D eigenvalue weighted by Crippen LogP contribution is -2.26. The first kappa shape index (κ1) is 14.7. The van der Waals surface area contributed by atoms with Gasteiger partial charge in [0.25, 0.3) is 5.91 Å². The van der Waals surface area contributed by atoms with E-state index in [1.807, 2.05) is 48.5 Å². The Hall–Kier alpha value is -2.20. The maximum Gasteiger partial charge on any atom is 0.259 e. The van der Waals surface area contributed by atoms with Gasteiger partial charge in [0.15, 0.2) is 5.78 Å². The zero-order chi connectivity index (χ0) is 15.7. The second kappa shape index (κ2) is 5.89. The fourth-order valence-corrected chi connectivity index (χ4v) is 3.21. The van der Waals surface area contributed by atoms with Crippen LogP contribution in [0, 0.1) is 0 Å². The van der Waals surface area contributed by atoms with Crippen molar-refractivity contribution in [2.24, 2.45) is 0 Å². The van der Waals surface area contributed by atoms with Crippen LogP contribution in [0.2, 0.25) is 0 Å². The van der Waals surface area contributed by atoms with Crippen LogP contribution in [-0.4, -0.2) is 11.7 Å². The number of anilines is 1. The molecule has 0 unspecified atom stereocenters. The first-order valence-corrected chi connectivity index (χ1v) is 7.74. The van der Waals surface area contributed by atoms with E-state index in [0.29, 0.717) is 12.1 Å². The van der Waals surface area contributed by atoms with Gasteiger partial charge in [-0.2, -0.15) is 0 Å². The second-order valence-electron chi connectivity index (χ2n) is 5.18. The smallest absolute Gasteiger partial charge is 0.259 e. The number of hydrogen-bond donors (Lipinski definition) is 0. The van der Waals surface area contributed by atoms with Crippen molar-refractivity contribution >= 4 is 38.9 Å². The molecule has 0 N–H and O–H groups in total. The molecule has 1 aliphatic heterocycles. The molecule has 1 aliphatic rings. The number of allylic oxidation sites excluding steroid dienone is 1. The number of para-hydroxylation sites is 1. The van der Waals surface area contributed by atoms with E-state index in [4.69, 9.17) is 0 Å². The molecule has 0 aliphatic carbocycles. The summed E-state index contributed by atoms with van der Waals surface area (Å²) in [7, 11) is 0. The van der Waals surface area contributed by atoms with E-state index >= 15 is 0 Å². The number of ketones is 1. The summed E-state index contributed by atoms with van der Waals surface area (Å²) in [5.74, 6) is -0.267. The Kier molecular flexibility index (Phi) is 3.94. The number of nitrogens with zero attached hydrogens (tertiary/aromatic N) is 1. The van der Waals surface area contributed by atoms with Crippen LogP contribution < -0.4 is 4.90 Å². The molecular formula is C18H14BrNO2. The van der Waals surface area contributed by atoms with Crippen molar-refractivity contribution in [2.45, 2.75) is 13.5 Å². The molecule has 0 atom stereocenters. The largest absolute Gasteiger partial charge is 0.302 e. The highest BCUT2D eigenvalue weighted by Gasteiger charge is 2.34. The van der Waals surface area contributed by atoms with Crippen LogP contribution in [-0.2, 0) is 16.1 Å².